The lowest BCUT2D eigenvalue weighted by atomic mass is 9.69. The maximum Gasteiger partial charge on any atom is 0.338 e. The second-order valence-electron chi connectivity index (χ2n) is 7.31. The van der Waals surface area contributed by atoms with Crippen LogP contribution in [-0.2, 0) is 19.1 Å². The Morgan fingerprint density at radius 3 is 2.88 bits per heavy atom. The first kappa shape index (κ1) is 19.2. The molecule has 2 atom stereocenters. The summed E-state index contributed by atoms with van der Waals surface area (Å²) >= 11 is 0. The smallest absolute Gasteiger partial charge is 0.338 e. The average molecular weight is 344 g/mol. The van der Waals surface area contributed by atoms with Gasteiger partial charge in [0.05, 0.1) is 12.7 Å². The van der Waals surface area contributed by atoms with Crippen LogP contribution in [0, 0.1) is 11.3 Å². The quantitative estimate of drug-likeness (QED) is 0.714. The number of ether oxygens (including phenoxy) is 2. The van der Waals surface area contributed by atoms with Crippen LogP contribution in [0.2, 0.25) is 0 Å². The molecule has 0 spiro atoms. The van der Waals surface area contributed by atoms with Gasteiger partial charge in [0.15, 0.2) is 0 Å². The lowest BCUT2D eigenvalue weighted by Gasteiger charge is -2.36. The van der Waals surface area contributed by atoms with E-state index in [-0.39, 0.29) is 17.4 Å². The van der Waals surface area contributed by atoms with E-state index in [2.05, 4.69) is 26.5 Å². The van der Waals surface area contributed by atoms with Gasteiger partial charge in [-0.3, -0.25) is 0 Å². The molecule has 4 nitrogen and oxygen atoms in total. The van der Waals surface area contributed by atoms with Gasteiger partial charge in [-0.2, -0.15) is 0 Å². The van der Waals surface area contributed by atoms with E-state index in [0.717, 1.165) is 43.3 Å². The van der Waals surface area contributed by atoms with Crippen LogP contribution in [0.3, 0.4) is 0 Å². The van der Waals surface area contributed by atoms with E-state index < -0.39 is 0 Å². The van der Waals surface area contributed by atoms with Crippen molar-refractivity contribution in [2.75, 3.05) is 13.7 Å². The number of cyclic esters (lactones) is 1. The summed E-state index contributed by atoms with van der Waals surface area (Å²) in [7, 11) is 1.39. The van der Waals surface area contributed by atoms with E-state index in [1.54, 1.807) is 12.2 Å². The van der Waals surface area contributed by atoms with Crippen molar-refractivity contribution in [2.45, 2.75) is 46.0 Å². The van der Waals surface area contributed by atoms with Gasteiger partial charge in [-0.15, -0.1) is 0 Å². The van der Waals surface area contributed by atoms with Crippen molar-refractivity contribution in [1.29, 1.82) is 0 Å². The second kappa shape index (κ2) is 8.32. The van der Waals surface area contributed by atoms with Crippen LogP contribution < -0.4 is 0 Å². The Hall–Kier alpha value is -2.10. The lowest BCUT2D eigenvalue weighted by molar-refractivity contribution is -0.136. The molecule has 0 radical (unpaired) electrons. The largest absolute Gasteiger partial charge is 0.465 e. The van der Waals surface area contributed by atoms with Crippen molar-refractivity contribution in [3.8, 4) is 0 Å². The highest BCUT2D eigenvalue weighted by Crippen LogP contribution is 2.41. The fraction of sp³-hybridized carbons (Fsp3) is 0.524. The summed E-state index contributed by atoms with van der Waals surface area (Å²) in [5, 5.41) is 0. The molecule has 4 heteroatoms. The average Bonchev–Trinajstić information content (AvgIpc) is 3.01. The number of rotatable bonds is 4. The lowest BCUT2D eigenvalue weighted by Crippen LogP contribution is -2.26. The molecule has 2 rings (SSSR count). The Morgan fingerprint density at radius 2 is 2.24 bits per heavy atom. The summed E-state index contributed by atoms with van der Waals surface area (Å²) in [6.07, 6.45) is 12.0. The van der Waals surface area contributed by atoms with E-state index in [1.165, 1.54) is 7.11 Å². The van der Waals surface area contributed by atoms with Gasteiger partial charge >= 0.3 is 11.9 Å². The topological polar surface area (TPSA) is 52.6 Å². The Labute approximate surface area is 150 Å². The van der Waals surface area contributed by atoms with Crippen LogP contribution in [-0.4, -0.2) is 25.7 Å². The minimum absolute atomic E-state index is 0.125. The minimum atomic E-state index is -0.330. The zero-order valence-electron chi connectivity index (χ0n) is 15.5. The molecule has 1 aliphatic carbocycles. The predicted octanol–water partition coefficient (Wildman–Crippen LogP) is 4.29. The van der Waals surface area contributed by atoms with Crippen molar-refractivity contribution in [1.82, 2.24) is 0 Å². The van der Waals surface area contributed by atoms with Crippen molar-refractivity contribution < 1.29 is 19.1 Å². The molecule has 1 aliphatic heterocycles. The molecular weight excluding hydrogens is 316 g/mol. The van der Waals surface area contributed by atoms with Crippen LogP contribution in [0.1, 0.15) is 46.0 Å². The van der Waals surface area contributed by atoms with Gasteiger partial charge in [0.1, 0.15) is 6.61 Å². The molecule has 0 amide bonds. The van der Waals surface area contributed by atoms with Gasteiger partial charge in [0, 0.05) is 6.08 Å². The van der Waals surface area contributed by atoms with Crippen molar-refractivity contribution in [3.63, 3.8) is 0 Å². The highest BCUT2D eigenvalue weighted by Gasteiger charge is 2.31. The fourth-order valence-corrected chi connectivity index (χ4v) is 3.37. The highest BCUT2D eigenvalue weighted by molar-refractivity contribution is 5.93. The van der Waals surface area contributed by atoms with E-state index in [0.29, 0.717) is 18.1 Å². The van der Waals surface area contributed by atoms with Crippen LogP contribution in [0.15, 0.2) is 47.6 Å². The zero-order chi connectivity index (χ0) is 18.4. The number of methoxy groups -OCH3 is 1. The van der Waals surface area contributed by atoms with E-state index in [4.69, 9.17) is 9.47 Å². The summed E-state index contributed by atoms with van der Waals surface area (Å²) < 4.78 is 9.85. The Bertz CT molecular complexity index is 638. The summed E-state index contributed by atoms with van der Waals surface area (Å²) in [5.41, 5.74) is 2.59. The highest BCUT2D eigenvalue weighted by atomic mass is 16.5. The maximum atomic E-state index is 11.9. The van der Waals surface area contributed by atoms with Crippen LogP contribution >= 0.6 is 0 Å². The molecule has 0 aromatic rings. The van der Waals surface area contributed by atoms with Crippen LogP contribution in [0.5, 0.6) is 0 Å². The zero-order valence-corrected chi connectivity index (χ0v) is 15.5. The monoisotopic (exact) mass is 344 g/mol. The molecule has 25 heavy (non-hydrogen) atoms. The SMILES string of the molecule is C=C1CC[C@@H](C)[C@](C)(CCC2=CC(=O)OC2)C/C=C\C=C1C(=O)OC. The molecule has 0 saturated carbocycles. The molecule has 136 valence electrons. The van der Waals surface area contributed by atoms with Gasteiger partial charge in [0.2, 0.25) is 0 Å². The van der Waals surface area contributed by atoms with E-state index >= 15 is 0 Å². The summed E-state index contributed by atoms with van der Waals surface area (Å²) in [6.45, 7) is 9.06. The van der Waals surface area contributed by atoms with Gasteiger partial charge in [-0.05, 0) is 60.7 Å². The molecule has 0 fully saturated rings. The second-order valence-corrected chi connectivity index (χ2v) is 7.31. The number of carbonyl (C=O) groups is 2. The number of allylic oxidation sites excluding steroid dienone is 3. The van der Waals surface area contributed by atoms with Crippen molar-refractivity contribution in [2.24, 2.45) is 11.3 Å². The third kappa shape index (κ3) is 4.94. The van der Waals surface area contributed by atoms with E-state index in [1.807, 2.05) is 6.08 Å². The number of carbonyl (C=O) groups excluding carboxylic acids is 2. The Morgan fingerprint density at radius 1 is 1.48 bits per heavy atom. The Kier molecular flexibility index (Phi) is 6.40. The molecule has 0 bridgehead atoms. The van der Waals surface area contributed by atoms with Crippen molar-refractivity contribution in [3.05, 3.63) is 47.6 Å². The van der Waals surface area contributed by atoms with Crippen LogP contribution in [0.25, 0.3) is 0 Å². The fourth-order valence-electron chi connectivity index (χ4n) is 3.37. The van der Waals surface area contributed by atoms with Crippen LogP contribution in [0.4, 0.5) is 0 Å². The van der Waals surface area contributed by atoms with Gasteiger partial charge in [-0.1, -0.05) is 32.6 Å². The molecule has 0 unspecified atom stereocenters. The summed E-state index contributed by atoms with van der Waals surface area (Å²) in [4.78, 5) is 23.1. The molecule has 0 aromatic carbocycles. The Balaban J connectivity index is 2.12. The maximum absolute atomic E-state index is 11.9. The summed E-state index contributed by atoms with van der Waals surface area (Å²) in [5.74, 6) is -0.0937. The van der Waals surface area contributed by atoms with E-state index in [9.17, 15) is 9.59 Å². The molecule has 0 saturated heterocycles. The third-order valence-corrected chi connectivity index (χ3v) is 5.58. The first-order chi connectivity index (χ1) is 11.9. The molecular formula is C21H28O4. The predicted molar refractivity (Wildman–Crippen MR) is 97.8 cm³/mol. The normalized spacial score (nSPS) is 28.7. The van der Waals surface area contributed by atoms with Gasteiger partial charge < -0.3 is 9.47 Å². The molecule has 0 N–H and O–H groups in total. The molecule has 1 heterocycles. The standard InChI is InChI=1S/C21H28O4/c1-15-8-9-16(2)21(3,12-10-17-13-19(22)25-14-17)11-6-5-7-18(15)20(23)24-4/h5-7,13,16H,1,8-12,14H2,2-4H3/b6-5-,18-7?/t16-,21+/m1/s1. The van der Waals surface area contributed by atoms with Gasteiger partial charge in [-0.25, -0.2) is 9.59 Å². The summed E-state index contributed by atoms with van der Waals surface area (Å²) in [6, 6.07) is 0. The minimum Gasteiger partial charge on any atom is -0.465 e. The third-order valence-electron chi connectivity index (χ3n) is 5.58. The van der Waals surface area contributed by atoms with Crippen molar-refractivity contribution >= 4 is 11.9 Å². The number of hydrogen-bond donors (Lipinski definition) is 0. The first-order valence-corrected chi connectivity index (χ1v) is 8.85. The van der Waals surface area contributed by atoms with Gasteiger partial charge in [0.25, 0.3) is 0 Å². The number of esters is 2. The molecule has 2 aliphatic rings. The number of hydrogen-bond acceptors (Lipinski definition) is 4. The first-order valence-electron chi connectivity index (χ1n) is 8.85. The molecule has 0 aromatic heterocycles.